The monoisotopic (exact) mass is 304 g/mol. The molecule has 4 aliphatic rings. The minimum atomic E-state index is 0.413. The van der Waals surface area contributed by atoms with Crippen LogP contribution in [-0.4, -0.2) is 11.7 Å². The molecule has 0 bridgehead atoms. The number of hydrogen-bond donors (Lipinski definition) is 1. The van der Waals surface area contributed by atoms with E-state index in [1.165, 1.54) is 64.2 Å². The van der Waals surface area contributed by atoms with Crippen molar-refractivity contribution in [1.29, 1.82) is 0 Å². The molecule has 0 spiro atoms. The van der Waals surface area contributed by atoms with Crippen molar-refractivity contribution >= 4 is 0 Å². The first-order chi connectivity index (χ1) is 10.6. The number of hydrogen-bond acceptors (Lipinski definition) is 1. The van der Waals surface area contributed by atoms with Crippen LogP contribution in [0.15, 0.2) is 0 Å². The van der Waals surface area contributed by atoms with E-state index in [1.54, 1.807) is 0 Å². The Morgan fingerprint density at radius 1 is 0.864 bits per heavy atom. The lowest BCUT2D eigenvalue weighted by molar-refractivity contribution is -0.132. The van der Waals surface area contributed by atoms with E-state index in [1.807, 2.05) is 0 Å². The molecule has 4 rings (SSSR count). The molecule has 0 aromatic carbocycles. The second-order valence-electron chi connectivity index (χ2n) is 9.83. The molecule has 0 aliphatic heterocycles. The predicted octanol–water partition coefficient (Wildman–Crippen LogP) is 5.42. The topological polar surface area (TPSA) is 20.2 Å². The molecule has 1 nitrogen and oxygen atoms in total. The lowest BCUT2D eigenvalue weighted by Gasteiger charge is -2.62. The summed E-state index contributed by atoms with van der Waals surface area (Å²) >= 11 is 0. The Bertz CT molecular complexity index is 418. The summed E-state index contributed by atoms with van der Waals surface area (Å²) in [5.74, 6) is 4.73. The maximum atomic E-state index is 9.63. The molecule has 4 saturated carbocycles. The minimum Gasteiger partial charge on any atom is -0.396 e. The molecule has 4 fully saturated rings. The Labute approximate surface area is 137 Å². The van der Waals surface area contributed by atoms with Gasteiger partial charge in [-0.1, -0.05) is 33.1 Å². The van der Waals surface area contributed by atoms with Crippen LogP contribution >= 0.6 is 0 Å². The minimum absolute atomic E-state index is 0.413. The third-order valence-electron chi connectivity index (χ3n) is 9.04. The van der Waals surface area contributed by atoms with E-state index in [4.69, 9.17) is 0 Å². The first kappa shape index (κ1) is 15.5. The summed E-state index contributed by atoms with van der Waals surface area (Å²) in [5, 5.41) is 9.63. The van der Waals surface area contributed by atoms with Crippen LogP contribution in [0, 0.1) is 40.4 Å². The highest BCUT2D eigenvalue weighted by Gasteiger charge is 2.59. The van der Waals surface area contributed by atoms with Crippen molar-refractivity contribution < 1.29 is 5.11 Å². The lowest BCUT2D eigenvalue weighted by Crippen LogP contribution is -2.54. The van der Waals surface area contributed by atoms with E-state index in [9.17, 15) is 5.11 Å². The van der Waals surface area contributed by atoms with Crippen molar-refractivity contribution in [2.24, 2.45) is 40.4 Å². The molecule has 0 saturated heterocycles. The Morgan fingerprint density at radius 3 is 2.50 bits per heavy atom. The maximum Gasteiger partial charge on any atom is 0.0433 e. The van der Waals surface area contributed by atoms with Crippen molar-refractivity contribution in [1.82, 2.24) is 0 Å². The first-order valence-corrected chi connectivity index (χ1v) is 10.2. The standard InChI is InChI=1S/C21H36O/c1-20-10-5-7-18(20)16-14-15(9-13-22)17-6-3-4-11-21(17,2)19(16)8-12-20/h15-19,22H,3-14H2,1-2H3/t15-,16-,17?,18-,19-,20-,21-/m0/s1. The second kappa shape index (κ2) is 5.50. The molecule has 7 atom stereocenters. The predicted molar refractivity (Wildman–Crippen MR) is 91.5 cm³/mol. The van der Waals surface area contributed by atoms with E-state index < -0.39 is 0 Å². The molecule has 126 valence electrons. The Morgan fingerprint density at radius 2 is 1.68 bits per heavy atom. The van der Waals surface area contributed by atoms with Crippen molar-refractivity contribution in [3.8, 4) is 0 Å². The zero-order valence-electron chi connectivity index (χ0n) is 14.8. The zero-order valence-corrected chi connectivity index (χ0v) is 14.8. The third-order valence-corrected chi connectivity index (χ3v) is 9.04. The lowest BCUT2D eigenvalue weighted by atomic mass is 9.43. The summed E-state index contributed by atoms with van der Waals surface area (Å²) in [4.78, 5) is 0. The summed E-state index contributed by atoms with van der Waals surface area (Å²) in [5.41, 5.74) is 1.27. The van der Waals surface area contributed by atoms with Gasteiger partial charge < -0.3 is 5.11 Å². The molecule has 0 aromatic heterocycles. The fourth-order valence-electron chi connectivity index (χ4n) is 8.05. The molecule has 1 N–H and O–H groups in total. The van der Waals surface area contributed by atoms with Crippen molar-refractivity contribution in [3.05, 3.63) is 0 Å². The maximum absolute atomic E-state index is 9.63. The van der Waals surface area contributed by atoms with Gasteiger partial charge >= 0.3 is 0 Å². The highest BCUT2D eigenvalue weighted by molar-refractivity contribution is 5.08. The van der Waals surface area contributed by atoms with Gasteiger partial charge in [0, 0.05) is 6.61 Å². The van der Waals surface area contributed by atoms with E-state index in [0.717, 1.165) is 36.0 Å². The van der Waals surface area contributed by atoms with Gasteiger partial charge in [-0.25, -0.2) is 0 Å². The van der Waals surface area contributed by atoms with Gasteiger partial charge in [-0.2, -0.15) is 0 Å². The van der Waals surface area contributed by atoms with Crippen LogP contribution in [0.25, 0.3) is 0 Å². The average Bonchev–Trinajstić information content (AvgIpc) is 2.89. The van der Waals surface area contributed by atoms with Gasteiger partial charge in [0.2, 0.25) is 0 Å². The van der Waals surface area contributed by atoms with E-state index in [-0.39, 0.29) is 0 Å². The SMILES string of the molecule is C[C@@]12CCC[C@H]1[C@@H]1C[C@H](CCO)C3CCCC[C@]3(C)[C@H]1CC2. The number of fused-ring (bicyclic) bond motifs is 5. The summed E-state index contributed by atoms with van der Waals surface area (Å²) in [6.45, 7) is 5.68. The summed E-state index contributed by atoms with van der Waals surface area (Å²) in [6.07, 6.45) is 15.9. The first-order valence-electron chi connectivity index (χ1n) is 10.2. The molecular formula is C21H36O. The number of aliphatic hydroxyl groups is 1. The Hall–Kier alpha value is -0.0400. The van der Waals surface area contributed by atoms with Gasteiger partial charge in [-0.05, 0) is 91.8 Å². The fourth-order valence-corrected chi connectivity index (χ4v) is 8.05. The van der Waals surface area contributed by atoms with Crippen molar-refractivity contribution in [3.63, 3.8) is 0 Å². The average molecular weight is 305 g/mol. The second-order valence-corrected chi connectivity index (χ2v) is 9.83. The van der Waals surface area contributed by atoms with Gasteiger partial charge in [-0.15, -0.1) is 0 Å². The number of rotatable bonds is 2. The molecule has 1 heteroatoms. The molecule has 0 amide bonds. The van der Waals surface area contributed by atoms with Gasteiger partial charge in [0.25, 0.3) is 0 Å². The summed E-state index contributed by atoms with van der Waals surface area (Å²) in [6, 6.07) is 0. The molecule has 1 unspecified atom stereocenters. The Balaban J connectivity index is 1.67. The van der Waals surface area contributed by atoms with Crippen LogP contribution < -0.4 is 0 Å². The highest BCUT2D eigenvalue weighted by Crippen LogP contribution is 2.67. The molecule has 0 radical (unpaired) electrons. The van der Waals surface area contributed by atoms with E-state index in [2.05, 4.69) is 13.8 Å². The fraction of sp³-hybridized carbons (Fsp3) is 1.00. The van der Waals surface area contributed by atoms with Gasteiger partial charge in [0.1, 0.15) is 0 Å². The van der Waals surface area contributed by atoms with Crippen LogP contribution in [0.3, 0.4) is 0 Å². The summed E-state index contributed by atoms with van der Waals surface area (Å²) < 4.78 is 0. The zero-order chi connectivity index (χ0) is 15.4. The van der Waals surface area contributed by atoms with Crippen LogP contribution in [0.5, 0.6) is 0 Å². The summed E-state index contributed by atoms with van der Waals surface area (Å²) in [7, 11) is 0. The van der Waals surface area contributed by atoms with Crippen LogP contribution in [-0.2, 0) is 0 Å². The van der Waals surface area contributed by atoms with Crippen LogP contribution in [0.1, 0.15) is 84.5 Å². The van der Waals surface area contributed by atoms with E-state index >= 15 is 0 Å². The molecule has 4 aliphatic carbocycles. The van der Waals surface area contributed by atoms with Gasteiger partial charge in [0.05, 0.1) is 0 Å². The smallest absolute Gasteiger partial charge is 0.0433 e. The van der Waals surface area contributed by atoms with Crippen LogP contribution in [0.4, 0.5) is 0 Å². The third kappa shape index (κ3) is 2.14. The molecule has 0 aromatic rings. The van der Waals surface area contributed by atoms with Crippen LogP contribution in [0.2, 0.25) is 0 Å². The largest absolute Gasteiger partial charge is 0.396 e. The van der Waals surface area contributed by atoms with Gasteiger partial charge in [-0.3, -0.25) is 0 Å². The highest BCUT2D eigenvalue weighted by atomic mass is 16.3. The molecule has 0 heterocycles. The molecule has 22 heavy (non-hydrogen) atoms. The number of aliphatic hydroxyl groups excluding tert-OH is 1. The van der Waals surface area contributed by atoms with Gasteiger partial charge in [0.15, 0.2) is 0 Å². The van der Waals surface area contributed by atoms with Crippen molar-refractivity contribution in [2.45, 2.75) is 84.5 Å². The Kier molecular flexibility index (Phi) is 3.87. The quantitative estimate of drug-likeness (QED) is 0.722. The normalized spacial score (nSPS) is 54.4. The molecular weight excluding hydrogens is 268 g/mol. The van der Waals surface area contributed by atoms with Crippen molar-refractivity contribution in [2.75, 3.05) is 6.61 Å². The van der Waals surface area contributed by atoms with E-state index in [0.29, 0.717) is 17.4 Å².